The molecule has 0 aromatic rings. The smallest absolute Gasteiger partial charge is 0.237 e. The fraction of sp³-hybridized carbons (Fsp3) is 0.933. The zero-order chi connectivity index (χ0) is 13.5. The second kappa shape index (κ2) is 7.85. The van der Waals surface area contributed by atoms with Gasteiger partial charge in [0.15, 0.2) is 0 Å². The Balaban J connectivity index is 1.45. The van der Waals surface area contributed by atoms with Gasteiger partial charge in [0.05, 0.1) is 6.04 Å². The first-order valence-electron chi connectivity index (χ1n) is 7.87. The molecule has 0 heterocycles. The summed E-state index contributed by atoms with van der Waals surface area (Å²) in [6.45, 7) is 4.53. The van der Waals surface area contributed by atoms with E-state index < -0.39 is 0 Å². The van der Waals surface area contributed by atoms with Crippen molar-refractivity contribution in [2.24, 2.45) is 5.92 Å². The molecule has 0 aliphatic heterocycles. The summed E-state index contributed by atoms with van der Waals surface area (Å²) >= 11 is 0. The van der Waals surface area contributed by atoms with Crippen LogP contribution in [0.25, 0.3) is 0 Å². The molecule has 0 saturated heterocycles. The third-order valence-electron chi connectivity index (χ3n) is 4.06. The van der Waals surface area contributed by atoms with Crippen LogP contribution >= 0.6 is 0 Å². The van der Waals surface area contributed by atoms with Crippen molar-refractivity contribution in [3.8, 4) is 0 Å². The van der Waals surface area contributed by atoms with Gasteiger partial charge in [-0.25, -0.2) is 0 Å². The van der Waals surface area contributed by atoms with Crippen molar-refractivity contribution in [3.63, 3.8) is 0 Å². The lowest BCUT2D eigenvalue weighted by atomic mass is 10.2. The van der Waals surface area contributed by atoms with Crippen LogP contribution < -0.4 is 10.6 Å². The minimum absolute atomic E-state index is 0.0935. The summed E-state index contributed by atoms with van der Waals surface area (Å²) in [7, 11) is 0. The fourth-order valence-electron chi connectivity index (χ4n) is 2.52. The highest BCUT2D eigenvalue weighted by molar-refractivity contribution is 5.81. The predicted octanol–water partition coefficient (Wildman–Crippen LogP) is 1.84. The Hall–Kier alpha value is -0.610. The van der Waals surface area contributed by atoms with E-state index in [4.69, 9.17) is 4.74 Å². The molecule has 0 aromatic carbocycles. The number of nitrogens with one attached hydrogen (secondary N) is 2. The van der Waals surface area contributed by atoms with E-state index >= 15 is 0 Å². The summed E-state index contributed by atoms with van der Waals surface area (Å²) in [5, 5.41) is 6.39. The van der Waals surface area contributed by atoms with Crippen LogP contribution in [0.5, 0.6) is 0 Å². The first-order valence-corrected chi connectivity index (χ1v) is 7.87. The quantitative estimate of drug-likeness (QED) is 0.627. The number of carbonyl (C=O) groups excluding carboxylic acids is 1. The fourth-order valence-corrected chi connectivity index (χ4v) is 2.52. The van der Waals surface area contributed by atoms with Gasteiger partial charge in [-0.1, -0.05) is 12.8 Å². The van der Waals surface area contributed by atoms with Crippen LogP contribution in [-0.2, 0) is 9.53 Å². The van der Waals surface area contributed by atoms with Gasteiger partial charge < -0.3 is 15.4 Å². The zero-order valence-corrected chi connectivity index (χ0v) is 12.1. The molecule has 2 saturated carbocycles. The van der Waals surface area contributed by atoms with Crippen LogP contribution in [0.2, 0.25) is 0 Å². The number of hydrogen-bond donors (Lipinski definition) is 2. The van der Waals surface area contributed by atoms with Crippen molar-refractivity contribution in [2.75, 3.05) is 19.8 Å². The molecule has 0 radical (unpaired) electrons. The Labute approximate surface area is 116 Å². The average molecular weight is 268 g/mol. The molecule has 110 valence electrons. The summed E-state index contributed by atoms with van der Waals surface area (Å²) < 4.78 is 5.57. The van der Waals surface area contributed by atoms with Gasteiger partial charge in [0.25, 0.3) is 0 Å². The number of carbonyl (C=O) groups is 1. The molecule has 19 heavy (non-hydrogen) atoms. The molecule has 4 nitrogen and oxygen atoms in total. The highest BCUT2D eigenvalue weighted by Crippen LogP contribution is 2.28. The number of ether oxygens (including phenoxy) is 1. The normalized spacial score (nSPS) is 21.5. The van der Waals surface area contributed by atoms with E-state index in [1.54, 1.807) is 0 Å². The standard InChI is InChI=1S/C15H28N2O2/c1-12(15(18)17-14-5-2-3-6-14)16-9-4-10-19-11-13-7-8-13/h12-14,16H,2-11H2,1H3,(H,17,18). The van der Waals surface area contributed by atoms with Crippen LogP contribution in [0.15, 0.2) is 0 Å². The lowest BCUT2D eigenvalue weighted by molar-refractivity contribution is -0.123. The van der Waals surface area contributed by atoms with E-state index in [0.29, 0.717) is 6.04 Å². The van der Waals surface area contributed by atoms with E-state index in [1.165, 1.54) is 25.7 Å². The van der Waals surface area contributed by atoms with Crippen molar-refractivity contribution >= 4 is 5.91 Å². The van der Waals surface area contributed by atoms with Crippen LogP contribution in [0.3, 0.4) is 0 Å². The molecule has 2 aliphatic carbocycles. The van der Waals surface area contributed by atoms with E-state index in [0.717, 1.165) is 44.9 Å². The molecule has 0 aromatic heterocycles. The number of hydrogen-bond acceptors (Lipinski definition) is 3. The monoisotopic (exact) mass is 268 g/mol. The van der Waals surface area contributed by atoms with Crippen molar-refractivity contribution in [1.82, 2.24) is 10.6 Å². The summed E-state index contributed by atoms with van der Waals surface area (Å²) in [5.41, 5.74) is 0. The maximum atomic E-state index is 11.9. The van der Waals surface area contributed by atoms with Crippen molar-refractivity contribution < 1.29 is 9.53 Å². The third kappa shape index (κ3) is 5.91. The van der Waals surface area contributed by atoms with Gasteiger partial charge in [-0.05, 0) is 51.5 Å². The second-order valence-electron chi connectivity index (χ2n) is 6.04. The van der Waals surface area contributed by atoms with Crippen LogP contribution in [0, 0.1) is 5.92 Å². The Kier molecular flexibility index (Phi) is 6.11. The van der Waals surface area contributed by atoms with Crippen LogP contribution in [0.1, 0.15) is 51.9 Å². The van der Waals surface area contributed by atoms with E-state index in [-0.39, 0.29) is 11.9 Å². The molecular weight excluding hydrogens is 240 g/mol. The molecule has 0 spiro atoms. The minimum atomic E-state index is -0.0935. The van der Waals surface area contributed by atoms with Crippen molar-refractivity contribution in [3.05, 3.63) is 0 Å². The molecule has 1 unspecified atom stereocenters. The minimum Gasteiger partial charge on any atom is -0.381 e. The summed E-state index contributed by atoms with van der Waals surface area (Å²) in [5.74, 6) is 0.981. The first kappa shape index (κ1) is 14.8. The van der Waals surface area contributed by atoms with E-state index in [2.05, 4.69) is 10.6 Å². The Morgan fingerprint density at radius 2 is 2.00 bits per heavy atom. The van der Waals surface area contributed by atoms with Crippen molar-refractivity contribution in [1.29, 1.82) is 0 Å². The Bertz CT molecular complexity index is 273. The van der Waals surface area contributed by atoms with Crippen LogP contribution in [0.4, 0.5) is 0 Å². The predicted molar refractivity (Wildman–Crippen MR) is 76.0 cm³/mol. The van der Waals surface area contributed by atoms with Gasteiger partial charge in [0.2, 0.25) is 5.91 Å². The highest BCUT2D eigenvalue weighted by atomic mass is 16.5. The van der Waals surface area contributed by atoms with Gasteiger partial charge in [-0.3, -0.25) is 4.79 Å². The SMILES string of the molecule is CC(NCCCOCC1CC1)C(=O)NC1CCCC1. The first-order chi connectivity index (χ1) is 9.25. The van der Waals surface area contributed by atoms with Gasteiger partial charge >= 0.3 is 0 Å². The molecule has 1 atom stereocenters. The van der Waals surface area contributed by atoms with Crippen molar-refractivity contribution in [2.45, 2.75) is 64.0 Å². The maximum Gasteiger partial charge on any atom is 0.237 e. The van der Waals surface area contributed by atoms with E-state index in [1.807, 2.05) is 6.92 Å². The molecule has 2 fully saturated rings. The summed E-state index contributed by atoms with van der Waals surface area (Å²) in [6, 6.07) is 0.322. The molecule has 2 rings (SSSR count). The molecule has 4 heteroatoms. The maximum absolute atomic E-state index is 11.9. The molecule has 2 N–H and O–H groups in total. The molecule has 1 amide bonds. The molecular formula is C15H28N2O2. The lowest BCUT2D eigenvalue weighted by Gasteiger charge is -2.17. The van der Waals surface area contributed by atoms with Gasteiger partial charge in [0, 0.05) is 19.3 Å². The van der Waals surface area contributed by atoms with Crippen LogP contribution in [-0.4, -0.2) is 37.7 Å². The Morgan fingerprint density at radius 1 is 1.26 bits per heavy atom. The lowest BCUT2D eigenvalue weighted by Crippen LogP contribution is -2.45. The number of amides is 1. The molecule has 2 aliphatic rings. The summed E-state index contributed by atoms with van der Waals surface area (Å²) in [4.78, 5) is 11.9. The molecule has 0 bridgehead atoms. The average Bonchev–Trinajstić information content (AvgIpc) is 3.09. The summed E-state index contributed by atoms with van der Waals surface area (Å²) in [6.07, 6.45) is 8.47. The largest absolute Gasteiger partial charge is 0.381 e. The van der Waals surface area contributed by atoms with Gasteiger partial charge in [0.1, 0.15) is 0 Å². The van der Waals surface area contributed by atoms with Gasteiger partial charge in [-0.2, -0.15) is 0 Å². The Morgan fingerprint density at radius 3 is 2.68 bits per heavy atom. The third-order valence-corrected chi connectivity index (χ3v) is 4.06. The van der Waals surface area contributed by atoms with E-state index in [9.17, 15) is 4.79 Å². The second-order valence-corrected chi connectivity index (χ2v) is 6.04. The zero-order valence-electron chi connectivity index (χ0n) is 12.1. The topological polar surface area (TPSA) is 50.4 Å². The van der Waals surface area contributed by atoms with Gasteiger partial charge in [-0.15, -0.1) is 0 Å². The number of rotatable bonds is 9. The highest BCUT2D eigenvalue weighted by Gasteiger charge is 2.21.